The summed E-state index contributed by atoms with van der Waals surface area (Å²) in [5, 5.41) is 4.10. The molecule has 0 spiro atoms. The summed E-state index contributed by atoms with van der Waals surface area (Å²) in [5.41, 5.74) is 1.68. The van der Waals surface area contributed by atoms with Gasteiger partial charge in [-0.05, 0) is 48.9 Å². The number of carbonyl (C=O) groups excluding carboxylic acids is 2. The van der Waals surface area contributed by atoms with Crippen LogP contribution in [0.15, 0.2) is 48.7 Å². The molecule has 0 saturated carbocycles. The number of methoxy groups -OCH3 is 1. The van der Waals surface area contributed by atoms with Crippen molar-refractivity contribution in [3.63, 3.8) is 0 Å². The molecule has 2 amide bonds. The number of rotatable bonds is 5. The van der Waals surface area contributed by atoms with Gasteiger partial charge in [0.25, 0.3) is 5.91 Å². The van der Waals surface area contributed by atoms with Gasteiger partial charge < -0.3 is 14.5 Å². The van der Waals surface area contributed by atoms with Gasteiger partial charge in [-0.2, -0.15) is 5.10 Å². The predicted molar refractivity (Wildman–Crippen MR) is 117 cm³/mol. The van der Waals surface area contributed by atoms with E-state index in [-0.39, 0.29) is 17.7 Å². The van der Waals surface area contributed by atoms with Crippen LogP contribution in [0, 0.1) is 11.8 Å². The summed E-state index contributed by atoms with van der Waals surface area (Å²) in [5.74, 6) is 1.30. The van der Waals surface area contributed by atoms with Gasteiger partial charge in [0, 0.05) is 45.3 Å². The van der Waals surface area contributed by atoms with Crippen molar-refractivity contribution in [2.75, 3.05) is 26.7 Å². The molecule has 0 unspecified atom stereocenters. The van der Waals surface area contributed by atoms with Crippen molar-refractivity contribution in [2.24, 2.45) is 18.9 Å². The predicted octanol–water partition coefficient (Wildman–Crippen LogP) is 2.89. The molecule has 7 nitrogen and oxygen atoms in total. The van der Waals surface area contributed by atoms with Crippen molar-refractivity contribution in [2.45, 2.75) is 25.8 Å². The first-order valence-electron chi connectivity index (χ1n) is 10.9. The molecule has 1 aromatic carbocycles. The Morgan fingerprint density at radius 1 is 1.19 bits per heavy atom. The third kappa shape index (κ3) is 4.65. The minimum absolute atomic E-state index is 0.0187. The van der Waals surface area contributed by atoms with Crippen molar-refractivity contribution >= 4 is 11.8 Å². The SMILES string of the molecule is COc1cccc(CN2CC=CC[C@H](C3CCN(C(=O)c4ccnn4C)CC3)C2=O)c1. The Hall–Kier alpha value is -3.09. The van der Waals surface area contributed by atoms with E-state index in [1.807, 2.05) is 34.1 Å². The highest BCUT2D eigenvalue weighted by Crippen LogP contribution is 2.31. The fourth-order valence-electron chi connectivity index (χ4n) is 4.65. The maximum absolute atomic E-state index is 13.4. The van der Waals surface area contributed by atoms with Crippen LogP contribution in [0.2, 0.25) is 0 Å². The highest BCUT2D eigenvalue weighted by molar-refractivity contribution is 5.92. The molecule has 3 heterocycles. The van der Waals surface area contributed by atoms with Gasteiger partial charge in [-0.3, -0.25) is 14.3 Å². The molecule has 1 fully saturated rings. The standard InChI is InChI=1S/C24H30N4O3/c1-26-22(9-12-25-26)24(30)27-14-10-19(11-15-27)21-8-3-4-13-28(23(21)29)17-18-6-5-7-20(16-18)31-2/h3-7,9,12,16,19,21H,8,10-11,13-15,17H2,1-2H3/t21-/m1/s1. The molecule has 1 aromatic heterocycles. The van der Waals surface area contributed by atoms with Crippen molar-refractivity contribution in [3.8, 4) is 5.75 Å². The Bertz CT molecular complexity index is 959. The summed E-state index contributed by atoms with van der Waals surface area (Å²) in [6.45, 7) is 2.56. The van der Waals surface area contributed by atoms with E-state index in [4.69, 9.17) is 4.74 Å². The number of amides is 2. The van der Waals surface area contributed by atoms with E-state index >= 15 is 0 Å². The molecule has 7 heteroatoms. The van der Waals surface area contributed by atoms with Gasteiger partial charge in [0.2, 0.25) is 5.91 Å². The average molecular weight is 423 g/mol. The van der Waals surface area contributed by atoms with Crippen molar-refractivity contribution in [3.05, 3.63) is 59.9 Å². The highest BCUT2D eigenvalue weighted by Gasteiger charge is 2.35. The largest absolute Gasteiger partial charge is 0.497 e. The summed E-state index contributed by atoms with van der Waals surface area (Å²) in [6.07, 6.45) is 8.35. The second-order valence-electron chi connectivity index (χ2n) is 8.35. The zero-order chi connectivity index (χ0) is 21.8. The van der Waals surface area contributed by atoms with Crippen LogP contribution in [0.4, 0.5) is 0 Å². The number of nitrogens with zero attached hydrogens (tertiary/aromatic N) is 4. The molecule has 0 aliphatic carbocycles. The summed E-state index contributed by atoms with van der Waals surface area (Å²) in [7, 11) is 3.44. The maximum Gasteiger partial charge on any atom is 0.272 e. The average Bonchev–Trinajstić information content (AvgIpc) is 3.15. The molecule has 2 aliphatic rings. The maximum atomic E-state index is 13.4. The molecule has 2 aromatic rings. The fraction of sp³-hybridized carbons (Fsp3) is 0.458. The van der Waals surface area contributed by atoms with E-state index in [0.717, 1.165) is 30.6 Å². The number of carbonyl (C=O) groups is 2. The van der Waals surface area contributed by atoms with Crippen molar-refractivity contribution in [1.82, 2.24) is 19.6 Å². The first kappa shape index (κ1) is 21.2. The minimum atomic E-state index is -0.0293. The lowest BCUT2D eigenvalue weighted by Gasteiger charge is -2.36. The van der Waals surface area contributed by atoms with E-state index in [9.17, 15) is 9.59 Å². The van der Waals surface area contributed by atoms with Gasteiger partial charge in [-0.15, -0.1) is 0 Å². The number of benzene rings is 1. The summed E-state index contributed by atoms with van der Waals surface area (Å²) in [4.78, 5) is 30.0. The van der Waals surface area contributed by atoms with Crippen LogP contribution < -0.4 is 4.74 Å². The third-order valence-electron chi connectivity index (χ3n) is 6.45. The van der Waals surface area contributed by atoms with Gasteiger partial charge >= 0.3 is 0 Å². The lowest BCUT2D eigenvalue weighted by Crippen LogP contribution is -2.44. The van der Waals surface area contributed by atoms with Gasteiger partial charge in [0.05, 0.1) is 7.11 Å². The first-order chi connectivity index (χ1) is 15.1. The van der Waals surface area contributed by atoms with Crippen LogP contribution in [0.3, 0.4) is 0 Å². The fourth-order valence-corrected chi connectivity index (χ4v) is 4.65. The smallest absolute Gasteiger partial charge is 0.272 e. The van der Waals surface area contributed by atoms with Gasteiger partial charge in [-0.1, -0.05) is 24.3 Å². The Labute approximate surface area is 183 Å². The number of hydrogen-bond donors (Lipinski definition) is 0. The van der Waals surface area contributed by atoms with Crippen molar-refractivity contribution in [1.29, 1.82) is 0 Å². The number of aryl methyl sites for hydroxylation is 1. The normalized spacial score (nSPS) is 20.1. The van der Waals surface area contributed by atoms with E-state index in [2.05, 4.69) is 17.3 Å². The topological polar surface area (TPSA) is 67.7 Å². The molecule has 2 aliphatic heterocycles. The summed E-state index contributed by atoms with van der Waals surface area (Å²) in [6, 6.07) is 9.64. The molecule has 164 valence electrons. The molecular weight excluding hydrogens is 392 g/mol. The highest BCUT2D eigenvalue weighted by atomic mass is 16.5. The lowest BCUT2D eigenvalue weighted by molar-refractivity contribution is -0.137. The van der Waals surface area contributed by atoms with Crippen LogP contribution in [-0.4, -0.2) is 58.1 Å². The molecular formula is C24H30N4O3. The number of ether oxygens (including phenoxy) is 1. The van der Waals surface area contributed by atoms with E-state index < -0.39 is 0 Å². The zero-order valence-electron chi connectivity index (χ0n) is 18.2. The lowest BCUT2D eigenvalue weighted by atomic mass is 9.81. The monoisotopic (exact) mass is 422 g/mol. The molecule has 1 atom stereocenters. The third-order valence-corrected chi connectivity index (χ3v) is 6.45. The Morgan fingerprint density at radius 2 is 2.00 bits per heavy atom. The Morgan fingerprint density at radius 3 is 2.71 bits per heavy atom. The second kappa shape index (κ2) is 9.37. The van der Waals surface area contributed by atoms with Crippen LogP contribution >= 0.6 is 0 Å². The minimum Gasteiger partial charge on any atom is -0.497 e. The van der Waals surface area contributed by atoms with E-state index in [1.54, 1.807) is 31.1 Å². The molecule has 4 rings (SSSR count). The first-order valence-corrected chi connectivity index (χ1v) is 10.9. The molecule has 0 bridgehead atoms. The van der Waals surface area contributed by atoms with Gasteiger partial charge in [-0.25, -0.2) is 0 Å². The Balaban J connectivity index is 1.40. The van der Waals surface area contributed by atoms with Crippen LogP contribution in [0.1, 0.15) is 35.3 Å². The van der Waals surface area contributed by atoms with Crippen LogP contribution in [0.5, 0.6) is 5.75 Å². The van der Waals surface area contributed by atoms with E-state index in [0.29, 0.717) is 37.8 Å². The number of hydrogen-bond acceptors (Lipinski definition) is 4. The van der Waals surface area contributed by atoms with Gasteiger partial charge in [0.15, 0.2) is 0 Å². The number of likely N-dealkylation sites (tertiary alicyclic amines) is 1. The molecule has 1 saturated heterocycles. The second-order valence-corrected chi connectivity index (χ2v) is 8.35. The molecule has 0 N–H and O–H groups in total. The Kier molecular flexibility index (Phi) is 6.39. The van der Waals surface area contributed by atoms with Crippen LogP contribution in [0.25, 0.3) is 0 Å². The molecule has 31 heavy (non-hydrogen) atoms. The quantitative estimate of drug-likeness (QED) is 0.695. The molecule has 0 radical (unpaired) electrons. The summed E-state index contributed by atoms with van der Waals surface area (Å²) < 4.78 is 6.94. The number of piperidine rings is 1. The number of aromatic nitrogens is 2. The summed E-state index contributed by atoms with van der Waals surface area (Å²) >= 11 is 0. The van der Waals surface area contributed by atoms with Crippen LogP contribution in [-0.2, 0) is 18.4 Å². The number of allylic oxidation sites excluding steroid dienone is 1. The van der Waals surface area contributed by atoms with E-state index in [1.165, 1.54) is 0 Å². The van der Waals surface area contributed by atoms with Crippen molar-refractivity contribution < 1.29 is 14.3 Å². The zero-order valence-corrected chi connectivity index (χ0v) is 18.2. The van der Waals surface area contributed by atoms with Gasteiger partial charge in [0.1, 0.15) is 11.4 Å².